The van der Waals surface area contributed by atoms with Crippen molar-refractivity contribution in [3.8, 4) is 0 Å². The van der Waals surface area contributed by atoms with Crippen molar-refractivity contribution in [1.29, 1.82) is 0 Å². The molecule has 0 bridgehead atoms. The highest BCUT2D eigenvalue weighted by Crippen LogP contribution is 2.34. The van der Waals surface area contributed by atoms with E-state index in [-0.39, 0.29) is 5.41 Å². The number of allylic oxidation sites excluding steroid dienone is 1. The van der Waals surface area contributed by atoms with Crippen molar-refractivity contribution in [2.75, 3.05) is 0 Å². The summed E-state index contributed by atoms with van der Waals surface area (Å²) in [6.07, 6.45) is 5.77. The summed E-state index contributed by atoms with van der Waals surface area (Å²) in [5.74, 6) is 1.14. The summed E-state index contributed by atoms with van der Waals surface area (Å²) in [5, 5.41) is 2.14. The van der Waals surface area contributed by atoms with Crippen LogP contribution in [-0.2, 0) is 11.4 Å². The molecule has 1 heterocycles. The fourth-order valence-corrected chi connectivity index (χ4v) is 2.55. The Hall–Kier alpha value is -1.28. The van der Waals surface area contributed by atoms with Crippen LogP contribution in [0.3, 0.4) is 0 Å². The Balaban J connectivity index is 2.08. The fourth-order valence-electron chi connectivity index (χ4n) is 2.55. The van der Waals surface area contributed by atoms with Gasteiger partial charge in [0.25, 0.3) is 0 Å². The molecule has 0 aliphatic carbocycles. The molecule has 2 rings (SSSR count). The van der Waals surface area contributed by atoms with Crippen LogP contribution in [0.4, 0.5) is 0 Å². The molecule has 2 heteroatoms. The zero-order valence-electron chi connectivity index (χ0n) is 13.2. The van der Waals surface area contributed by atoms with Crippen molar-refractivity contribution in [1.82, 2.24) is 5.06 Å². The Morgan fingerprint density at radius 3 is 2.45 bits per heavy atom. The number of nitrogens with zero attached hydrogens (tertiary/aromatic N) is 1. The summed E-state index contributed by atoms with van der Waals surface area (Å²) in [5.41, 5.74) is 1.48. The normalized spacial score (nSPS) is 19.8. The molecule has 0 saturated heterocycles. The Kier molecular flexibility index (Phi) is 4.87. The van der Waals surface area contributed by atoms with Gasteiger partial charge in [-0.05, 0) is 23.5 Å². The van der Waals surface area contributed by atoms with Crippen molar-refractivity contribution in [2.45, 2.75) is 59.5 Å². The molecule has 0 saturated carbocycles. The molecule has 1 atom stereocenters. The number of hydroxylamine groups is 2. The van der Waals surface area contributed by atoms with Gasteiger partial charge in [-0.15, -0.1) is 5.06 Å². The smallest absolute Gasteiger partial charge is 0.122 e. The predicted octanol–water partition coefficient (Wildman–Crippen LogP) is 4.92. The predicted molar refractivity (Wildman–Crippen MR) is 83.9 cm³/mol. The number of unbranched alkanes of at least 4 members (excludes halogenated alkanes) is 1. The summed E-state index contributed by atoms with van der Waals surface area (Å²) in [7, 11) is 0. The SMILES string of the molecule is CCCCC1=CC(C(C)(C)C)N(Cc2ccccc2)O1. The third kappa shape index (κ3) is 3.86. The zero-order valence-corrected chi connectivity index (χ0v) is 13.2. The molecule has 1 unspecified atom stereocenters. The minimum absolute atomic E-state index is 0.183. The van der Waals surface area contributed by atoms with E-state index in [9.17, 15) is 0 Å². The molecule has 1 aromatic rings. The van der Waals surface area contributed by atoms with E-state index in [2.05, 4.69) is 69.2 Å². The molecular weight excluding hydrogens is 246 g/mol. The van der Waals surface area contributed by atoms with E-state index >= 15 is 0 Å². The lowest BCUT2D eigenvalue weighted by atomic mass is 9.86. The fraction of sp³-hybridized carbons (Fsp3) is 0.556. The van der Waals surface area contributed by atoms with E-state index in [1.54, 1.807) is 0 Å². The topological polar surface area (TPSA) is 12.5 Å². The number of rotatable bonds is 5. The second-order valence-electron chi connectivity index (χ2n) is 6.70. The maximum atomic E-state index is 6.10. The average molecular weight is 273 g/mol. The van der Waals surface area contributed by atoms with Gasteiger partial charge in [0.1, 0.15) is 5.76 Å². The van der Waals surface area contributed by atoms with E-state index in [0.717, 1.165) is 18.7 Å². The molecular formula is C18H27NO. The van der Waals surface area contributed by atoms with Crippen LogP contribution in [-0.4, -0.2) is 11.1 Å². The van der Waals surface area contributed by atoms with Gasteiger partial charge in [0.15, 0.2) is 0 Å². The summed E-state index contributed by atoms with van der Waals surface area (Å²) >= 11 is 0. The summed E-state index contributed by atoms with van der Waals surface area (Å²) < 4.78 is 0. The van der Waals surface area contributed by atoms with Gasteiger partial charge < -0.3 is 4.84 Å². The van der Waals surface area contributed by atoms with Crippen LogP contribution in [0.15, 0.2) is 42.2 Å². The van der Waals surface area contributed by atoms with Gasteiger partial charge in [-0.1, -0.05) is 64.4 Å². The third-order valence-electron chi connectivity index (χ3n) is 3.73. The number of benzene rings is 1. The lowest BCUT2D eigenvalue weighted by Gasteiger charge is -2.32. The first kappa shape index (κ1) is 15.1. The van der Waals surface area contributed by atoms with Crippen LogP contribution >= 0.6 is 0 Å². The largest absolute Gasteiger partial charge is 0.410 e. The zero-order chi connectivity index (χ0) is 14.6. The lowest BCUT2D eigenvalue weighted by molar-refractivity contribution is -0.147. The van der Waals surface area contributed by atoms with Crippen LogP contribution in [0.2, 0.25) is 0 Å². The van der Waals surface area contributed by atoms with E-state index < -0.39 is 0 Å². The first-order valence-corrected chi connectivity index (χ1v) is 7.70. The van der Waals surface area contributed by atoms with Crippen LogP contribution in [0, 0.1) is 5.41 Å². The van der Waals surface area contributed by atoms with Gasteiger partial charge >= 0.3 is 0 Å². The molecule has 2 nitrogen and oxygen atoms in total. The molecule has 0 aromatic heterocycles. The Morgan fingerprint density at radius 1 is 1.15 bits per heavy atom. The van der Waals surface area contributed by atoms with Crippen LogP contribution < -0.4 is 0 Å². The van der Waals surface area contributed by atoms with Crippen molar-refractivity contribution < 1.29 is 4.84 Å². The molecule has 0 spiro atoms. The Bertz CT molecular complexity index is 444. The third-order valence-corrected chi connectivity index (χ3v) is 3.73. The van der Waals surface area contributed by atoms with E-state index in [1.807, 2.05) is 0 Å². The minimum Gasteiger partial charge on any atom is -0.410 e. The molecule has 0 amide bonds. The van der Waals surface area contributed by atoms with Crippen molar-refractivity contribution in [3.05, 3.63) is 47.7 Å². The molecule has 1 aromatic carbocycles. The van der Waals surface area contributed by atoms with Gasteiger partial charge in [0.2, 0.25) is 0 Å². The Labute approximate surface area is 123 Å². The molecule has 110 valence electrons. The quantitative estimate of drug-likeness (QED) is 0.754. The van der Waals surface area contributed by atoms with Crippen molar-refractivity contribution in [2.24, 2.45) is 5.41 Å². The monoisotopic (exact) mass is 273 g/mol. The van der Waals surface area contributed by atoms with Gasteiger partial charge in [-0.25, -0.2) is 0 Å². The van der Waals surface area contributed by atoms with Gasteiger partial charge in [0, 0.05) is 6.42 Å². The van der Waals surface area contributed by atoms with Crippen LogP contribution in [0.5, 0.6) is 0 Å². The van der Waals surface area contributed by atoms with E-state index in [4.69, 9.17) is 4.84 Å². The molecule has 0 fully saturated rings. The standard InChI is InChI=1S/C18H27NO/c1-5-6-12-16-13-17(18(2,3)4)19(20-16)14-15-10-8-7-9-11-15/h7-11,13,17H,5-6,12,14H2,1-4H3. The van der Waals surface area contributed by atoms with Gasteiger partial charge in [-0.2, -0.15) is 0 Å². The summed E-state index contributed by atoms with van der Waals surface area (Å²) in [6, 6.07) is 10.9. The van der Waals surface area contributed by atoms with Gasteiger partial charge in [0.05, 0.1) is 12.6 Å². The van der Waals surface area contributed by atoms with Crippen LogP contribution in [0.25, 0.3) is 0 Å². The highest BCUT2D eigenvalue weighted by Gasteiger charge is 2.35. The highest BCUT2D eigenvalue weighted by atomic mass is 16.7. The van der Waals surface area contributed by atoms with E-state index in [1.165, 1.54) is 18.4 Å². The molecule has 0 radical (unpaired) electrons. The van der Waals surface area contributed by atoms with Gasteiger partial charge in [-0.3, -0.25) is 0 Å². The second-order valence-corrected chi connectivity index (χ2v) is 6.70. The van der Waals surface area contributed by atoms with Crippen LogP contribution in [0.1, 0.15) is 52.5 Å². The minimum atomic E-state index is 0.183. The maximum Gasteiger partial charge on any atom is 0.122 e. The summed E-state index contributed by atoms with van der Waals surface area (Å²) in [6.45, 7) is 9.89. The average Bonchev–Trinajstić information content (AvgIpc) is 2.80. The molecule has 1 aliphatic rings. The number of hydrogen-bond acceptors (Lipinski definition) is 2. The van der Waals surface area contributed by atoms with Crippen molar-refractivity contribution in [3.63, 3.8) is 0 Å². The Morgan fingerprint density at radius 2 is 1.85 bits per heavy atom. The summed E-state index contributed by atoms with van der Waals surface area (Å²) in [4.78, 5) is 6.10. The first-order valence-electron chi connectivity index (χ1n) is 7.70. The molecule has 0 N–H and O–H groups in total. The van der Waals surface area contributed by atoms with Crippen molar-refractivity contribution >= 4 is 0 Å². The lowest BCUT2D eigenvalue weighted by Crippen LogP contribution is -2.38. The van der Waals surface area contributed by atoms with E-state index in [0.29, 0.717) is 6.04 Å². The number of hydrogen-bond donors (Lipinski definition) is 0. The maximum absolute atomic E-state index is 6.10. The highest BCUT2D eigenvalue weighted by molar-refractivity contribution is 5.16. The second kappa shape index (κ2) is 6.45. The first-order chi connectivity index (χ1) is 9.50. The molecule has 1 aliphatic heterocycles. The molecule has 20 heavy (non-hydrogen) atoms.